The van der Waals surface area contributed by atoms with E-state index >= 15 is 0 Å². The number of aliphatic imine (C=N–C) groups is 2. The van der Waals surface area contributed by atoms with E-state index in [2.05, 4.69) is 17.2 Å². The second-order valence-electron chi connectivity index (χ2n) is 8.27. The lowest BCUT2D eigenvalue weighted by Crippen LogP contribution is -2.50. The molecule has 0 aromatic heterocycles. The third-order valence-corrected chi connectivity index (χ3v) is 6.60. The van der Waals surface area contributed by atoms with Crippen LogP contribution in [0.5, 0.6) is 0 Å². The van der Waals surface area contributed by atoms with E-state index in [1.54, 1.807) is 25.3 Å². The first kappa shape index (κ1) is 19.9. The van der Waals surface area contributed by atoms with Crippen LogP contribution in [-0.4, -0.2) is 41.4 Å². The molecule has 1 saturated carbocycles. The van der Waals surface area contributed by atoms with E-state index in [0.717, 1.165) is 24.1 Å². The summed E-state index contributed by atoms with van der Waals surface area (Å²) in [7, 11) is 0. The van der Waals surface area contributed by atoms with Crippen molar-refractivity contribution in [3.63, 3.8) is 0 Å². The van der Waals surface area contributed by atoms with Crippen molar-refractivity contribution in [1.82, 2.24) is 5.32 Å². The number of hydrogen-bond acceptors (Lipinski definition) is 3. The highest BCUT2D eigenvalue weighted by molar-refractivity contribution is 6.30. The number of nitrogens with one attached hydrogen (secondary N) is 1. The molecule has 154 valence electrons. The van der Waals surface area contributed by atoms with Gasteiger partial charge in [-0.2, -0.15) is 0 Å². The van der Waals surface area contributed by atoms with E-state index in [-0.39, 0.29) is 35.3 Å². The topological polar surface area (TPSA) is 100 Å². The third kappa shape index (κ3) is 3.64. The molecule has 0 spiro atoms. The summed E-state index contributed by atoms with van der Waals surface area (Å²) in [6.45, 7) is 5.69. The van der Waals surface area contributed by atoms with E-state index in [9.17, 15) is 9.59 Å². The molecule has 1 fully saturated rings. The summed E-state index contributed by atoms with van der Waals surface area (Å²) >= 11 is 6.21. The smallest absolute Gasteiger partial charge is 0.248 e. The number of primary amides is 1. The molecule has 0 bridgehead atoms. The first-order chi connectivity index (χ1) is 13.8. The normalized spacial score (nSPS) is 32.6. The van der Waals surface area contributed by atoms with Crippen LogP contribution >= 0.6 is 11.6 Å². The van der Waals surface area contributed by atoms with Gasteiger partial charge < -0.3 is 16.0 Å². The van der Waals surface area contributed by atoms with Crippen LogP contribution < -0.4 is 16.0 Å². The molecule has 7 nitrogen and oxygen atoms in total. The molecule has 3 N–H and O–H groups in total. The summed E-state index contributed by atoms with van der Waals surface area (Å²) in [6.07, 6.45) is 3.91. The van der Waals surface area contributed by atoms with Crippen LogP contribution in [0.4, 0.5) is 5.69 Å². The van der Waals surface area contributed by atoms with Gasteiger partial charge in [-0.05, 0) is 43.9 Å². The number of fused-ring (bicyclic) bond motifs is 1. The Balaban J connectivity index is 1.84. The van der Waals surface area contributed by atoms with Crippen LogP contribution in [0, 0.1) is 11.8 Å². The summed E-state index contributed by atoms with van der Waals surface area (Å²) < 4.78 is 0. The SMILES string of the molecule is CC(=O)N1c2ccc(C(N)=O)cc2[C@H](N=C2N=CC(Cl)C(C)N2)[C@@H](C)[C@@H]1C1CC1. The Bertz CT molecular complexity index is 910. The number of carbonyl (C=O) groups excluding carboxylic acids is 2. The highest BCUT2D eigenvalue weighted by Gasteiger charge is 2.47. The van der Waals surface area contributed by atoms with Gasteiger partial charge in [-0.25, -0.2) is 9.98 Å². The summed E-state index contributed by atoms with van der Waals surface area (Å²) in [5, 5.41) is 3.05. The number of carbonyl (C=O) groups is 2. The van der Waals surface area contributed by atoms with Gasteiger partial charge in [-0.15, -0.1) is 11.6 Å². The molecule has 0 saturated heterocycles. The lowest BCUT2D eigenvalue weighted by molar-refractivity contribution is -0.117. The molecule has 3 aliphatic rings. The van der Waals surface area contributed by atoms with Crippen LogP contribution in [0.3, 0.4) is 0 Å². The molecule has 2 heterocycles. The van der Waals surface area contributed by atoms with Crippen molar-refractivity contribution < 1.29 is 9.59 Å². The number of rotatable bonds is 3. The van der Waals surface area contributed by atoms with E-state index in [0.29, 0.717) is 17.4 Å². The number of anilines is 1. The van der Waals surface area contributed by atoms with Crippen LogP contribution in [0.15, 0.2) is 28.2 Å². The molecule has 2 aliphatic heterocycles. The first-order valence-electron chi connectivity index (χ1n) is 10.0. The van der Waals surface area contributed by atoms with Crippen LogP contribution in [0.2, 0.25) is 0 Å². The van der Waals surface area contributed by atoms with Gasteiger partial charge in [0.1, 0.15) is 0 Å². The molecule has 8 heteroatoms. The minimum atomic E-state index is -0.502. The monoisotopic (exact) mass is 415 g/mol. The second kappa shape index (κ2) is 7.44. The molecule has 4 rings (SSSR count). The fourth-order valence-corrected chi connectivity index (χ4v) is 4.59. The summed E-state index contributed by atoms with van der Waals surface area (Å²) in [4.78, 5) is 35.6. The van der Waals surface area contributed by atoms with Gasteiger partial charge >= 0.3 is 0 Å². The van der Waals surface area contributed by atoms with Crippen molar-refractivity contribution in [2.24, 2.45) is 27.6 Å². The minimum Gasteiger partial charge on any atom is -0.366 e. The molecule has 5 atom stereocenters. The van der Waals surface area contributed by atoms with Crippen molar-refractivity contribution in [3.8, 4) is 0 Å². The largest absolute Gasteiger partial charge is 0.366 e. The Morgan fingerprint density at radius 3 is 2.62 bits per heavy atom. The van der Waals surface area contributed by atoms with Crippen LogP contribution in [0.25, 0.3) is 0 Å². The van der Waals surface area contributed by atoms with E-state index in [1.807, 2.05) is 17.9 Å². The molecule has 1 aromatic rings. The van der Waals surface area contributed by atoms with Crippen LogP contribution in [0.1, 0.15) is 55.6 Å². The van der Waals surface area contributed by atoms with Crippen molar-refractivity contribution >= 4 is 41.3 Å². The maximum atomic E-state index is 12.6. The standard InChI is InChI=1S/C21H26ClN5O2/c1-10-18(26-21-24-9-16(22)11(2)25-21)15-8-14(20(23)29)6-7-17(15)27(12(3)28)19(10)13-4-5-13/h6-11,13,16,18-19H,4-5H2,1-3H3,(H2,23,29)(H,25,26)/t10-,11?,16?,18-,19-/m1/s1. The number of hydrogen-bond donors (Lipinski definition) is 2. The molecule has 2 amide bonds. The minimum absolute atomic E-state index is 0.000319. The van der Waals surface area contributed by atoms with Gasteiger partial charge in [0.05, 0.1) is 11.4 Å². The van der Waals surface area contributed by atoms with Crippen molar-refractivity contribution in [3.05, 3.63) is 29.3 Å². The first-order valence-corrected chi connectivity index (χ1v) is 10.5. The molecule has 29 heavy (non-hydrogen) atoms. The van der Waals surface area contributed by atoms with Crippen molar-refractivity contribution in [2.75, 3.05) is 4.90 Å². The molecular formula is C21H26ClN5O2. The zero-order chi connectivity index (χ0) is 20.9. The number of guanidine groups is 1. The lowest BCUT2D eigenvalue weighted by atomic mass is 9.79. The number of benzene rings is 1. The number of amides is 2. The Hall–Kier alpha value is -2.41. The van der Waals surface area contributed by atoms with Gasteiger partial charge in [0.15, 0.2) is 0 Å². The number of alkyl halides is 1. The predicted octanol–water partition coefficient (Wildman–Crippen LogP) is 2.63. The average molecular weight is 416 g/mol. The van der Waals surface area contributed by atoms with Crippen molar-refractivity contribution in [1.29, 1.82) is 0 Å². The van der Waals surface area contributed by atoms with Gasteiger partial charge in [-0.1, -0.05) is 6.92 Å². The highest BCUT2D eigenvalue weighted by atomic mass is 35.5. The Morgan fingerprint density at radius 1 is 1.31 bits per heavy atom. The van der Waals surface area contributed by atoms with Gasteiger partial charge in [0, 0.05) is 48.0 Å². The quantitative estimate of drug-likeness (QED) is 0.742. The Labute approximate surface area is 175 Å². The Morgan fingerprint density at radius 2 is 2.03 bits per heavy atom. The summed E-state index contributed by atoms with van der Waals surface area (Å²) in [5.74, 6) is 0.552. The van der Waals surface area contributed by atoms with Gasteiger partial charge in [0.2, 0.25) is 17.8 Å². The molecule has 2 unspecified atom stereocenters. The van der Waals surface area contributed by atoms with E-state index < -0.39 is 5.91 Å². The predicted molar refractivity (Wildman–Crippen MR) is 115 cm³/mol. The van der Waals surface area contributed by atoms with Gasteiger partial charge in [0.25, 0.3) is 0 Å². The summed E-state index contributed by atoms with van der Waals surface area (Å²) in [6, 6.07) is 5.10. The number of nitrogens with two attached hydrogens (primary N) is 1. The second-order valence-corrected chi connectivity index (χ2v) is 8.77. The highest BCUT2D eigenvalue weighted by Crippen LogP contribution is 2.50. The average Bonchev–Trinajstić information content (AvgIpc) is 3.50. The number of nitrogens with zero attached hydrogens (tertiary/aromatic N) is 3. The maximum absolute atomic E-state index is 12.6. The van der Waals surface area contributed by atoms with E-state index in [4.69, 9.17) is 22.3 Å². The molecule has 0 radical (unpaired) electrons. The molecule has 1 aromatic carbocycles. The Kier molecular flexibility index (Phi) is 5.11. The summed E-state index contributed by atoms with van der Waals surface area (Å²) in [5.41, 5.74) is 7.55. The molecular weight excluding hydrogens is 390 g/mol. The van der Waals surface area contributed by atoms with E-state index in [1.165, 1.54) is 0 Å². The zero-order valence-corrected chi connectivity index (χ0v) is 17.6. The maximum Gasteiger partial charge on any atom is 0.248 e. The lowest BCUT2D eigenvalue weighted by Gasteiger charge is -2.44. The van der Waals surface area contributed by atoms with Crippen LogP contribution in [-0.2, 0) is 4.79 Å². The number of halogens is 1. The zero-order valence-electron chi connectivity index (χ0n) is 16.8. The molecule has 1 aliphatic carbocycles. The fourth-order valence-electron chi connectivity index (χ4n) is 4.47. The van der Waals surface area contributed by atoms with Gasteiger partial charge in [-0.3, -0.25) is 9.59 Å². The van der Waals surface area contributed by atoms with Crippen molar-refractivity contribution in [2.45, 2.75) is 57.1 Å². The third-order valence-electron chi connectivity index (χ3n) is 6.10. The fraction of sp³-hybridized carbons (Fsp3) is 0.524.